The summed E-state index contributed by atoms with van der Waals surface area (Å²) in [5, 5.41) is 4.95. The Hall–Kier alpha value is -2.84. The molecule has 0 radical (unpaired) electrons. The maximum Gasteiger partial charge on any atom is 0.416 e. The van der Waals surface area contributed by atoms with Crippen molar-refractivity contribution in [3.8, 4) is 0 Å². The molecule has 0 aliphatic rings. The molecule has 168 valence electrons. The third-order valence-corrected chi connectivity index (χ3v) is 7.00. The monoisotopic (exact) mass is 457 g/mol. The van der Waals surface area contributed by atoms with Gasteiger partial charge in [-0.2, -0.15) is 13.2 Å². The molecule has 4 nitrogen and oxygen atoms in total. The van der Waals surface area contributed by atoms with Crippen molar-refractivity contribution < 1.29 is 17.9 Å². The molecule has 2 heterocycles. The second kappa shape index (κ2) is 8.59. The highest BCUT2D eigenvalue weighted by Gasteiger charge is 2.30. The molecule has 0 atom stereocenters. The lowest BCUT2D eigenvalue weighted by molar-refractivity contribution is -0.137. The Bertz CT molecular complexity index is 1240. The number of nitrogens with one attached hydrogen (secondary N) is 1. The number of hydrogen-bond donors (Lipinski definition) is 1. The lowest BCUT2D eigenvalue weighted by Crippen LogP contribution is -2.21. The lowest BCUT2D eigenvalue weighted by atomic mass is 10.1. The van der Waals surface area contributed by atoms with Crippen LogP contribution < -0.4 is 5.32 Å². The fraction of sp³-hybridized carbons (Fsp3) is 0.292. The first-order valence-corrected chi connectivity index (χ1v) is 14.2. The van der Waals surface area contributed by atoms with E-state index >= 15 is 0 Å². The molecule has 2 aromatic carbocycles. The molecular formula is C24H26F3N3OSi. The second-order valence-electron chi connectivity index (χ2n) is 9.13. The quantitative estimate of drug-likeness (QED) is 0.234. The first-order chi connectivity index (χ1) is 15.1. The summed E-state index contributed by atoms with van der Waals surface area (Å²) in [5.41, 5.74) is 1.41. The van der Waals surface area contributed by atoms with Gasteiger partial charge >= 0.3 is 6.18 Å². The average Bonchev–Trinajstić information content (AvgIpc) is 3.11. The predicted octanol–water partition coefficient (Wildman–Crippen LogP) is 7.26. The van der Waals surface area contributed by atoms with E-state index in [-0.39, 0.29) is 0 Å². The zero-order valence-corrected chi connectivity index (χ0v) is 19.3. The number of alkyl halides is 3. The summed E-state index contributed by atoms with van der Waals surface area (Å²) in [4.78, 5) is 4.38. The summed E-state index contributed by atoms with van der Waals surface area (Å²) in [6.45, 7) is 8.19. The van der Waals surface area contributed by atoms with Crippen LogP contribution in [0.2, 0.25) is 25.7 Å². The summed E-state index contributed by atoms with van der Waals surface area (Å²) in [6.07, 6.45) is -2.40. The SMILES string of the molecule is C[Si](C)(C)CCOCn1ccc2ccc(Nc3ccc4ccc(C(F)(F)F)cc4n3)cc21. The van der Waals surface area contributed by atoms with Crippen LogP contribution in [0.25, 0.3) is 21.8 Å². The number of pyridine rings is 1. The number of aromatic nitrogens is 2. The van der Waals surface area contributed by atoms with E-state index in [4.69, 9.17) is 4.74 Å². The van der Waals surface area contributed by atoms with E-state index in [2.05, 4.69) is 29.9 Å². The van der Waals surface area contributed by atoms with Gasteiger partial charge in [0, 0.05) is 32.0 Å². The molecule has 0 bridgehead atoms. The highest BCUT2D eigenvalue weighted by Crippen LogP contribution is 2.31. The molecule has 0 fully saturated rings. The van der Waals surface area contributed by atoms with Crippen LogP contribution in [0, 0.1) is 0 Å². The van der Waals surface area contributed by atoms with Crippen LogP contribution in [-0.4, -0.2) is 24.2 Å². The number of hydrogen-bond acceptors (Lipinski definition) is 3. The van der Waals surface area contributed by atoms with Crippen molar-refractivity contribution in [2.75, 3.05) is 11.9 Å². The summed E-state index contributed by atoms with van der Waals surface area (Å²) in [5.74, 6) is 0.487. The van der Waals surface area contributed by atoms with E-state index in [1.54, 1.807) is 12.1 Å². The Morgan fingerprint density at radius 1 is 0.969 bits per heavy atom. The van der Waals surface area contributed by atoms with Crippen molar-refractivity contribution >= 4 is 41.4 Å². The van der Waals surface area contributed by atoms with Gasteiger partial charge in [0.2, 0.25) is 0 Å². The molecular weight excluding hydrogens is 431 g/mol. The first-order valence-electron chi connectivity index (χ1n) is 10.5. The van der Waals surface area contributed by atoms with E-state index in [1.165, 1.54) is 6.07 Å². The summed E-state index contributed by atoms with van der Waals surface area (Å²) in [6, 6.07) is 16.2. The van der Waals surface area contributed by atoms with Crippen molar-refractivity contribution in [2.45, 2.75) is 38.6 Å². The minimum atomic E-state index is -4.40. The van der Waals surface area contributed by atoms with Crippen molar-refractivity contribution in [3.63, 3.8) is 0 Å². The molecule has 4 aromatic rings. The van der Waals surface area contributed by atoms with Crippen LogP contribution in [0.5, 0.6) is 0 Å². The number of ether oxygens (including phenoxy) is 1. The summed E-state index contributed by atoms with van der Waals surface area (Å²) < 4.78 is 47.0. The van der Waals surface area contributed by atoms with Crippen LogP contribution in [0.15, 0.2) is 60.8 Å². The Balaban J connectivity index is 1.53. The third-order valence-electron chi connectivity index (χ3n) is 5.29. The van der Waals surface area contributed by atoms with Gasteiger partial charge in [0.15, 0.2) is 0 Å². The fourth-order valence-electron chi connectivity index (χ4n) is 3.43. The number of rotatable bonds is 7. The molecule has 0 spiro atoms. The van der Waals surface area contributed by atoms with Gasteiger partial charge in [0.1, 0.15) is 12.5 Å². The van der Waals surface area contributed by atoms with Gasteiger partial charge in [-0.3, -0.25) is 0 Å². The molecule has 8 heteroatoms. The average molecular weight is 458 g/mol. The predicted molar refractivity (Wildman–Crippen MR) is 126 cm³/mol. The Kier molecular flexibility index (Phi) is 6.00. The van der Waals surface area contributed by atoms with Crippen LogP contribution in [0.3, 0.4) is 0 Å². The van der Waals surface area contributed by atoms with Crippen LogP contribution in [0.1, 0.15) is 5.56 Å². The topological polar surface area (TPSA) is 39.1 Å². The van der Waals surface area contributed by atoms with Crippen LogP contribution >= 0.6 is 0 Å². The Morgan fingerprint density at radius 3 is 2.47 bits per heavy atom. The van der Waals surface area contributed by atoms with E-state index in [0.29, 0.717) is 23.5 Å². The van der Waals surface area contributed by atoms with E-state index < -0.39 is 19.8 Å². The number of benzene rings is 2. The van der Waals surface area contributed by atoms with Gasteiger partial charge in [-0.15, -0.1) is 0 Å². The maximum absolute atomic E-state index is 13.0. The lowest BCUT2D eigenvalue weighted by Gasteiger charge is -2.16. The molecule has 1 N–H and O–H groups in total. The van der Waals surface area contributed by atoms with E-state index in [0.717, 1.165) is 41.4 Å². The number of nitrogens with zero attached hydrogens (tertiary/aromatic N) is 2. The molecule has 0 saturated carbocycles. The largest absolute Gasteiger partial charge is 0.416 e. The number of halogens is 3. The zero-order valence-electron chi connectivity index (χ0n) is 18.3. The van der Waals surface area contributed by atoms with Crippen LogP contribution in [-0.2, 0) is 17.6 Å². The van der Waals surface area contributed by atoms with Gasteiger partial charge in [0.05, 0.1) is 16.6 Å². The zero-order chi connectivity index (χ0) is 22.9. The molecule has 0 saturated heterocycles. The number of fused-ring (bicyclic) bond motifs is 2. The minimum absolute atomic E-state index is 0.296. The maximum atomic E-state index is 13.0. The molecule has 32 heavy (non-hydrogen) atoms. The fourth-order valence-corrected chi connectivity index (χ4v) is 4.18. The van der Waals surface area contributed by atoms with Crippen LogP contribution in [0.4, 0.5) is 24.7 Å². The molecule has 2 aromatic heterocycles. The highest BCUT2D eigenvalue weighted by atomic mass is 28.3. The smallest absolute Gasteiger partial charge is 0.361 e. The summed E-state index contributed by atoms with van der Waals surface area (Å²) in [7, 11) is -1.13. The van der Waals surface area contributed by atoms with E-state index in [1.807, 2.05) is 35.0 Å². The van der Waals surface area contributed by atoms with Gasteiger partial charge in [-0.25, -0.2) is 4.98 Å². The van der Waals surface area contributed by atoms with Crippen molar-refractivity contribution in [3.05, 3.63) is 66.4 Å². The van der Waals surface area contributed by atoms with Crippen molar-refractivity contribution in [1.82, 2.24) is 9.55 Å². The minimum Gasteiger partial charge on any atom is -0.361 e. The molecule has 0 aliphatic heterocycles. The Labute approximate surface area is 186 Å². The number of anilines is 2. The standard InChI is InChI=1S/C24H26F3N3OSi/c1-32(2,3)13-12-31-16-30-11-10-18-5-8-20(15-22(18)30)28-23-9-6-17-4-7-19(24(25,26)27)14-21(17)29-23/h4-11,14-15H,12-13,16H2,1-3H3,(H,28,29). The summed E-state index contributed by atoms with van der Waals surface area (Å²) >= 11 is 0. The van der Waals surface area contributed by atoms with Crippen molar-refractivity contribution in [2.24, 2.45) is 0 Å². The molecule has 0 unspecified atom stereocenters. The van der Waals surface area contributed by atoms with Crippen molar-refractivity contribution in [1.29, 1.82) is 0 Å². The molecule has 0 amide bonds. The first kappa shape index (κ1) is 22.4. The van der Waals surface area contributed by atoms with Gasteiger partial charge in [-0.1, -0.05) is 31.8 Å². The highest BCUT2D eigenvalue weighted by molar-refractivity contribution is 6.76. The Morgan fingerprint density at radius 2 is 1.72 bits per heavy atom. The normalized spacial score (nSPS) is 12.6. The van der Waals surface area contributed by atoms with Gasteiger partial charge < -0.3 is 14.6 Å². The van der Waals surface area contributed by atoms with Gasteiger partial charge in [0.25, 0.3) is 0 Å². The van der Waals surface area contributed by atoms with Gasteiger partial charge in [-0.05, 0) is 53.9 Å². The molecule has 4 rings (SSSR count). The van der Waals surface area contributed by atoms with E-state index in [9.17, 15) is 13.2 Å². The second-order valence-corrected chi connectivity index (χ2v) is 14.8. The third kappa shape index (κ3) is 5.31. The molecule has 0 aliphatic carbocycles.